The number of anilines is 1. The number of aromatic amines is 1. The Balaban J connectivity index is 1.84. The van der Waals surface area contributed by atoms with Crippen molar-refractivity contribution >= 4 is 28.7 Å². The lowest BCUT2D eigenvalue weighted by atomic mass is 10.2. The highest BCUT2D eigenvalue weighted by molar-refractivity contribution is 5.89. The Morgan fingerprint density at radius 2 is 2.11 bits per heavy atom. The third-order valence-corrected chi connectivity index (χ3v) is 3.82. The number of rotatable bonds is 7. The number of H-pyrrole nitrogens is 1. The smallest absolute Gasteiger partial charge is 0.278 e. The Hall–Kier alpha value is -3.82. The first-order valence-corrected chi connectivity index (χ1v) is 8.07. The van der Waals surface area contributed by atoms with Gasteiger partial charge in [-0.25, -0.2) is 4.98 Å². The molecule has 0 atom stereocenters. The van der Waals surface area contributed by atoms with Crippen molar-refractivity contribution in [2.45, 2.75) is 19.4 Å². The first-order chi connectivity index (χ1) is 13.0. The molecule has 138 valence electrons. The number of nitro groups is 1. The Bertz CT molecular complexity index is 1070. The molecule has 0 aliphatic rings. The van der Waals surface area contributed by atoms with E-state index in [9.17, 15) is 19.7 Å². The highest BCUT2D eigenvalue weighted by atomic mass is 16.6. The number of imidazole rings is 1. The van der Waals surface area contributed by atoms with Gasteiger partial charge in [0.05, 0.1) is 11.3 Å². The van der Waals surface area contributed by atoms with Crippen molar-refractivity contribution in [1.82, 2.24) is 19.5 Å². The molecule has 10 heteroatoms. The summed E-state index contributed by atoms with van der Waals surface area (Å²) < 4.78 is 1.59. The molecule has 0 radical (unpaired) electrons. The van der Waals surface area contributed by atoms with E-state index in [0.29, 0.717) is 13.0 Å². The van der Waals surface area contributed by atoms with Crippen molar-refractivity contribution in [3.05, 3.63) is 69.3 Å². The number of hydrogen-bond acceptors (Lipinski definition) is 6. The van der Waals surface area contributed by atoms with Gasteiger partial charge in [0.2, 0.25) is 11.9 Å². The average Bonchev–Trinajstić information content (AvgIpc) is 3.03. The number of hydrogen-bond donors (Lipinski definition) is 2. The lowest BCUT2D eigenvalue weighted by molar-refractivity contribution is -0.384. The Labute approximate surface area is 152 Å². The maximum Gasteiger partial charge on any atom is 0.278 e. The lowest BCUT2D eigenvalue weighted by Gasteiger charge is -2.05. The Kier molecular flexibility index (Phi) is 5.06. The molecule has 3 aromatic rings. The van der Waals surface area contributed by atoms with E-state index in [1.165, 1.54) is 18.5 Å². The molecule has 0 aliphatic heterocycles. The standard InChI is InChI=1S/C17H16N6O4/c1-2-3-4-13(24)19-17-20-15-14(16(25)21-17)22(10-18-15)9-11-5-7-12(8-6-11)23(26)27/h2,5-8,10H,1,3-4,9H2,(H2,19,20,21,24,25). The molecule has 3 rings (SSSR count). The van der Waals surface area contributed by atoms with Crippen LogP contribution in [0.15, 0.2) is 48.0 Å². The number of allylic oxidation sites excluding steroid dienone is 1. The van der Waals surface area contributed by atoms with Crippen molar-refractivity contribution in [1.29, 1.82) is 0 Å². The fourth-order valence-electron chi connectivity index (χ4n) is 2.51. The van der Waals surface area contributed by atoms with E-state index in [2.05, 4.69) is 26.8 Å². The van der Waals surface area contributed by atoms with Gasteiger partial charge in [0, 0.05) is 25.1 Å². The largest absolute Gasteiger partial charge is 0.320 e. The highest BCUT2D eigenvalue weighted by Crippen LogP contribution is 2.15. The molecule has 0 saturated heterocycles. The molecule has 0 spiro atoms. The number of aromatic nitrogens is 4. The molecule has 2 heterocycles. The van der Waals surface area contributed by atoms with Crippen LogP contribution in [0.4, 0.5) is 11.6 Å². The number of fused-ring (bicyclic) bond motifs is 1. The van der Waals surface area contributed by atoms with Gasteiger partial charge in [0.25, 0.3) is 11.2 Å². The first-order valence-electron chi connectivity index (χ1n) is 8.07. The average molecular weight is 368 g/mol. The highest BCUT2D eigenvalue weighted by Gasteiger charge is 2.13. The molecule has 27 heavy (non-hydrogen) atoms. The van der Waals surface area contributed by atoms with Crippen LogP contribution in [-0.4, -0.2) is 30.3 Å². The van der Waals surface area contributed by atoms with Gasteiger partial charge >= 0.3 is 0 Å². The van der Waals surface area contributed by atoms with Gasteiger partial charge in [-0.1, -0.05) is 18.2 Å². The fourth-order valence-corrected chi connectivity index (χ4v) is 2.51. The number of nitro benzene ring substituents is 1. The van der Waals surface area contributed by atoms with Gasteiger partial charge in [-0.15, -0.1) is 6.58 Å². The first kappa shape index (κ1) is 18.0. The van der Waals surface area contributed by atoms with Crippen LogP contribution in [0.25, 0.3) is 11.2 Å². The zero-order chi connectivity index (χ0) is 19.4. The summed E-state index contributed by atoms with van der Waals surface area (Å²) >= 11 is 0. The third kappa shape index (κ3) is 4.06. The third-order valence-electron chi connectivity index (χ3n) is 3.82. The molecular weight excluding hydrogens is 352 g/mol. The van der Waals surface area contributed by atoms with Crippen molar-refractivity contribution in [2.24, 2.45) is 0 Å². The van der Waals surface area contributed by atoms with Crippen LogP contribution < -0.4 is 10.9 Å². The Morgan fingerprint density at radius 1 is 1.37 bits per heavy atom. The van der Waals surface area contributed by atoms with Crippen molar-refractivity contribution in [3.8, 4) is 0 Å². The number of non-ortho nitro benzene ring substituents is 1. The maximum atomic E-state index is 12.4. The summed E-state index contributed by atoms with van der Waals surface area (Å²) in [5, 5.41) is 13.2. The van der Waals surface area contributed by atoms with Crippen molar-refractivity contribution < 1.29 is 9.72 Å². The number of carbonyl (C=O) groups is 1. The molecule has 0 aliphatic carbocycles. The Morgan fingerprint density at radius 3 is 2.78 bits per heavy atom. The van der Waals surface area contributed by atoms with Crippen LogP contribution in [0.3, 0.4) is 0 Å². The van der Waals surface area contributed by atoms with Gasteiger partial charge in [0.1, 0.15) is 0 Å². The zero-order valence-electron chi connectivity index (χ0n) is 14.2. The second-order valence-corrected chi connectivity index (χ2v) is 5.76. The second kappa shape index (κ2) is 7.60. The number of carbonyl (C=O) groups excluding carboxylic acids is 1. The van der Waals surface area contributed by atoms with Crippen LogP contribution in [0.1, 0.15) is 18.4 Å². The van der Waals surface area contributed by atoms with Crippen LogP contribution in [0.5, 0.6) is 0 Å². The zero-order valence-corrected chi connectivity index (χ0v) is 14.2. The summed E-state index contributed by atoms with van der Waals surface area (Å²) in [6.07, 6.45) is 3.83. The topological polar surface area (TPSA) is 136 Å². The van der Waals surface area contributed by atoms with Gasteiger partial charge in [0.15, 0.2) is 11.2 Å². The van der Waals surface area contributed by atoms with Crippen LogP contribution in [0, 0.1) is 10.1 Å². The van der Waals surface area contributed by atoms with Crippen LogP contribution in [-0.2, 0) is 11.3 Å². The molecule has 1 aromatic carbocycles. The van der Waals surface area contributed by atoms with E-state index in [-0.39, 0.29) is 35.1 Å². The molecule has 2 aromatic heterocycles. The normalized spacial score (nSPS) is 10.7. The molecule has 2 N–H and O–H groups in total. The second-order valence-electron chi connectivity index (χ2n) is 5.76. The van der Waals surface area contributed by atoms with Crippen molar-refractivity contribution in [2.75, 3.05) is 5.32 Å². The van der Waals surface area contributed by atoms with Crippen LogP contribution >= 0.6 is 0 Å². The fraction of sp³-hybridized carbons (Fsp3) is 0.176. The predicted octanol–water partition coefficient (Wildman–Crippen LogP) is 1.98. The monoisotopic (exact) mass is 368 g/mol. The minimum Gasteiger partial charge on any atom is -0.320 e. The van der Waals surface area contributed by atoms with Gasteiger partial charge in [-0.3, -0.25) is 30.0 Å². The van der Waals surface area contributed by atoms with E-state index in [4.69, 9.17) is 0 Å². The SMILES string of the molecule is C=CCCC(=O)Nc1nc2ncn(Cc3ccc([N+](=O)[O-])cc3)c2c(=O)[nH]1. The molecule has 0 fully saturated rings. The summed E-state index contributed by atoms with van der Waals surface area (Å²) in [4.78, 5) is 45.2. The van der Waals surface area contributed by atoms with E-state index < -0.39 is 10.5 Å². The quantitative estimate of drug-likeness (QED) is 0.372. The molecule has 10 nitrogen and oxygen atoms in total. The van der Waals surface area contributed by atoms with E-state index in [0.717, 1.165) is 5.56 Å². The number of nitrogens with zero attached hydrogens (tertiary/aromatic N) is 4. The molecule has 0 unspecified atom stereocenters. The molecule has 1 amide bonds. The minimum atomic E-state index is -0.476. The molecule has 0 bridgehead atoms. The van der Waals surface area contributed by atoms with E-state index in [1.807, 2.05) is 0 Å². The maximum absolute atomic E-state index is 12.4. The number of benzene rings is 1. The van der Waals surface area contributed by atoms with E-state index >= 15 is 0 Å². The van der Waals surface area contributed by atoms with Gasteiger partial charge < -0.3 is 4.57 Å². The summed E-state index contributed by atoms with van der Waals surface area (Å²) in [6.45, 7) is 3.84. The van der Waals surface area contributed by atoms with Gasteiger partial charge in [-0.2, -0.15) is 4.98 Å². The van der Waals surface area contributed by atoms with Gasteiger partial charge in [-0.05, 0) is 12.0 Å². The molecule has 0 saturated carbocycles. The lowest BCUT2D eigenvalue weighted by Crippen LogP contribution is -2.19. The summed E-state index contributed by atoms with van der Waals surface area (Å²) in [7, 11) is 0. The van der Waals surface area contributed by atoms with E-state index in [1.54, 1.807) is 22.8 Å². The number of amides is 1. The summed E-state index contributed by atoms with van der Waals surface area (Å²) in [6, 6.07) is 6.02. The predicted molar refractivity (Wildman–Crippen MR) is 98.4 cm³/mol. The minimum absolute atomic E-state index is 0.00871. The van der Waals surface area contributed by atoms with Crippen LogP contribution in [0.2, 0.25) is 0 Å². The summed E-state index contributed by atoms with van der Waals surface area (Å²) in [5.74, 6) is -0.259. The molecular formula is C17H16N6O4. The van der Waals surface area contributed by atoms with Crippen molar-refractivity contribution in [3.63, 3.8) is 0 Å². The number of nitrogens with one attached hydrogen (secondary N) is 2. The summed E-state index contributed by atoms with van der Waals surface area (Å²) in [5.41, 5.74) is 0.752.